The SMILES string of the molecule is O=C(O)c1ccc(S(=O)(=O)c2ccc(F)cc2)cc1C(=O)O. The highest BCUT2D eigenvalue weighted by Crippen LogP contribution is 2.23. The van der Waals surface area contributed by atoms with Crippen LogP contribution in [0.1, 0.15) is 20.7 Å². The van der Waals surface area contributed by atoms with Crippen molar-refractivity contribution in [3.8, 4) is 0 Å². The number of hydrogen-bond acceptors (Lipinski definition) is 4. The number of halogens is 1. The van der Waals surface area contributed by atoms with Crippen molar-refractivity contribution in [2.45, 2.75) is 9.79 Å². The lowest BCUT2D eigenvalue weighted by atomic mass is 10.1. The molecule has 2 rings (SSSR count). The van der Waals surface area contributed by atoms with Gasteiger partial charge in [0, 0.05) is 0 Å². The first-order valence-electron chi connectivity index (χ1n) is 5.85. The van der Waals surface area contributed by atoms with E-state index in [1.54, 1.807) is 0 Å². The number of rotatable bonds is 4. The minimum absolute atomic E-state index is 0.228. The molecule has 0 unspecified atom stereocenters. The van der Waals surface area contributed by atoms with E-state index in [2.05, 4.69) is 0 Å². The summed E-state index contributed by atoms with van der Waals surface area (Å²) in [6, 6.07) is 6.65. The van der Waals surface area contributed by atoms with E-state index in [9.17, 15) is 22.4 Å². The van der Waals surface area contributed by atoms with Crippen molar-refractivity contribution in [2.24, 2.45) is 0 Å². The summed E-state index contributed by atoms with van der Waals surface area (Å²) in [6.07, 6.45) is 0. The minimum Gasteiger partial charge on any atom is -0.478 e. The Morgan fingerprint density at radius 3 is 1.82 bits per heavy atom. The molecule has 22 heavy (non-hydrogen) atoms. The average Bonchev–Trinajstić information content (AvgIpc) is 2.46. The lowest BCUT2D eigenvalue weighted by Crippen LogP contribution is -2.10. The van der Waals surface area contributed by atoms with Gasteiger partial charge in [0.15, 0.2) is 0 Å². The molecule has 0 aliphatic rings. The van der Waals surface area contributed by atoms with Gasteiger partial charge in [-0.1, -0.05) is 0 Å². The molecule has 2 aromatic carbocycles. The molecule has 0 amide bonds. The molecule has 6 nitrogen and oxygen atoms in total. The first-order chi connectivity index (χ1) is 10.2. The summed E-state index contributed by atoms with van der Waals surface area (Å²) in [7, 11) is -4.08. The van der Waals surface area contributed by atoms with E-state index in [-0.39, 0.29) is 9.79 Å². The van der Waals surface area contributed by atoms with Gasteiger partial charge in [0.2, 0.25) is 9.84 Å². The lowest BCUT2D eigenvalue weighted by molar-refractivity contribution is 0.0651. The van der Waals surface area contributed by atoms with E-state index < -0.39 is 38.7 Å². The van der Waals surface area contributed by atoms with Crippen LogP contribution in [0.15, 0.2) is 52.3 Å². The van der Waals surface area contributed by atoms with Gasteiger partial charge in [-0.25, -0.2) is 22.4 Å². The van der Waals surface area contributed by atoms with Crippen molar-refractivity contribution in [3.05, 3.63) is 59.4 Å². The zero-order chi connectivity index (χ0) is 16.5. The number of sulfone groups is 1. The van der Waals surface area contributed by atoms with Gasteiger partial charge in [0.1, 0.15) is 5.82 Å². The van der Waals surface area contributed by atoms with Crippen molar-refractivity contribution in [1.82, 2.24) is 0 Å². The summed E-state index contributed by atoms with van der Waals surface area (Å²) >= 11 is 0. The molecule has 0 bridgehead atoms. The van der Waals surface area contributed by atoms with Crippen molar-refractivity contribution < 1.29 is 32.6 Å². The number of benzene rings is 2. The van der Waals surface area contributed by atoms with Crippen LogP contribution in [-0.4, -0.2) is 30.6 Å². The van der Waals surface area contributed by atoms with Gasteiger partial charge in [0.05, 0.1) is 20.9 Å². The molecule has 8 heteroatoms. The molecule has 0 saturated heterocycles. The summed E-state index contributed by atoms with van der Waals surface area (Å²) in [5.74, 6) is -3.66. The summed E-state index contributed by atoms with van der Waals surface area (Å²) in [5.41, 5.74) is -1.17. The molecule has 0 saturated carbocycles. The number of carbonyl (C=O) groups is 2. The molecule has 2 N–H and O–H groups in total. The van der Waals surface area contributed by atoms with Gasteiger partial charge >= 0.3 is 11.9 Å². The van der Waals surface area contributed by atoms with Gasteiger partial charge in [-0.05, 0) is 42.5 Å². The third-order valence-corrected chi connectivity index (χ3v) is 4.65. The van der Waals surface area contributed by atoms with Crippen LogP contribution in [-0.2, 0) is 9.84 Å². The monoisotopic (exact) mass is 324 g/mol. The predicted molar refractivity (Wildman–Crippen MR) is 72.2 cm³/mol. The van der Waals surface area contributed by atoms with Crippen LogP contribution in [0.5, 0.6) is 0 Å². The third-order valence-electron chi connectivity index (χ3n) is 2.89. The fourth-order valence-corrected chi connectivity index (χ4v) is 3.09. The largest absolute Gasteiger partial charge is 0.478 e. The summed E-state index contributed by atoms with van der Waals surface area (Å²) in [5, 5.41) is 17.9. The number of hydrogen-bond donors (Lipinski definition) is 2. The highest BCUT2D eigenvalue weighted by atomic mass is 32.2. The van der Waals surface area contributed by atoms with Crippen LogP contribution in [0.25, 0.3) is 0 Å². The Balaban J connectivity index is 2.62. The molecule has 0 spiro atoms. The quantitative estimate of drug-likeness (QED) is 0.833. The smallest absolute Gasteiger partial charge is 0.336 e. The van der Waals surface area contributed by atoms with E-state index >= 15 is 0 Å². The maximum Gasteiger partial charge on any atom is 0.336 e. The standard InChI is InChI=1S/C14H9FO6S/c15-8-1-3-9(4-2-8)22(20,21)10-5-6-11(13(16)17)12(7-10)14(18)19/h1-7H,(H,16,17)(H,18,19). The predicted octanol–water partition coefficient (Wildman–Crippen LogP) is 2.05. The molecule has 0 heterocycles. The number of carboxylic acid groups (broad SMARTS) is 2. The normalized spacial score (nSPS) is 11.1. The van der Waals surface area contributed by atoms with Crippen molar-refractivity contribution in [3.63, 3.8) is 0 Å². The maximum atomic E-state index is 12.9. The zero-order valence-electron chi connectivity index (χ0n) is 10.9. The van der Waals surface area contributed by atoms with Crippen LogP contribution in [0, 0.1) is 5.82 Å². The summed E-state index contributed by atoms with van der Waals surface area (Å²) in [4.78, 5) is 21.4. The fourth-order valence-electron chi connectivity index (χ4n) is 1.80. The third kappa shape index (κ3) is 2.82. The average molecular weight is 324 g/mol. The summed E-state index contributed by atoms with van der Waals surface area (Å²) < 4.78 is 37.5. The molecule has 114 valence electrons. The molecule has 0 fully saturated rings. The Labute approximate surface area is 124 Å². The van der Waals surface area contributed by atoms with Gasteiger partial charge in [-0.2, -0.15) is 0 Å². The Kier molecular flexibility index (Phi) is 3.96. The minimum atomic E-state index is -4.08. The second-order valence-corrected chi connectivity index (χ2v) is 6.22. The van der Waals surface area contributed by atoms with Crippen LogP contribution in [0.2, 0.25) is 0 Å². The molecule has 0 aliphatic heterocycles. The van der Waals surface area contributed by atoms with E-state index in [0.29, 0.717) is 0 Å². The van der Waals surface area contributed by atoms with Gasteiger partial charge < -0.3 is 10.2 Å². The Hall–Kier alpha value is -2.74. The highest BCUT2D eigenvalue weighted by Gasteiger charge is 2.23. The lowest BCUT2D eigenvalue weighted by Gasteiger charge is -2.07. The Morgan fingerprint density at radius 1 is 0.818 bits per heavy atom. The Morgan fingerprint density at radius 2 is 1.32 bits per heavy atom. The highest BCUT2D eigenvalue weighted by molar-refractivity contribution is 7.91. The van der Waals surface area contributed by atoms with Crippen LogP contribution in [0.4, 0.5) is 4.39 Å². The van der Waals surface area contributed by atoms with Gasteiger partial charge in [-0.3, -0.25) is 0 Å². The van der Waals surface area contributed by atoms with Crippen molar-refractivity contribution >= 4 is 21.8 Å². The molecular weight excluding hydrogens is 315 g/mol. The van der Waals surface area contributed by atoms with E-state index in [1.807, 2.05) is 0 Å². The van der Waals surface area contributed by atoms with Crippen molar-refractivity contribution in [1.29, 1.82) is 0 Å². The van der Waals surface area contributed by atoms with Crippen molar-refractivity contribution in [2.75, 3.05) is 0 Å². The van der Waals surface area contributed by atoms with E-state index in [1.165, 1.54) is 0 Å². The van der Waals surface area contributed by atoms with Gasteiger partial charge in [0.25, 0.3) is 0 Å². The maximum absolute atomic E-state index is 12.9. The molecule has 0 aliphatic carbocycles. The Bertz CT molecular complexity index is 855. The topological polar surface area (TPSA) is 109 Å². The van der Waals surface area contributed by atoms with E-state index in [0.717, 1.165) is 42.5 Å². The van der Waals surface area contributed by atoms with Crippen LogP contribution < -0.4 is 0 Å². The van der Waals surface area contributed by atoms with Gasteiger partial charge in [-0.15, -0.1) is 0 Å². The second kappa shape index (κ2) is 5.57. The molecular formula is C14H9FO6S. The molecule has 0 aromatic heterocycles. The van der Waals surface area contributed by atoms with Crippen LogP contribution >= 0.6 is 0 Å². The first kappa shape index (κ1) is 15.6. The van der Waals surface area contributed by atoms with E-state index in [4.69, 9.17) is 10.2 Å². The van der Waals surface area contributed by atoms with Crippen LogP contribution in [0.3, 0.4) is 0 Å². The first-order valence-corrected chi connectivity index (χ1v) is 7.33. The zero-order valence-corrected chi connectivity index (χ0v) is 11.7. The summed E-state index contributed by atoms with van der Waals surface area (Å²) in [6.45, 7) is 0. The second-order valence-electron chi connectivity index (χ2n) is 4.28. The molecule has 2 aromatic rings. The molecule has 0 atom stereocenters. The number of carboxylic acids is 2. The fraction of sp³-hybridized carbons (Fsp3) is 0. The molecule has 0 radical (unpaired) electrons. The number of aromatic carboxylic acids is 2.